The fourth-order valence-electron chi connectivity index (χ4n) is 1.19. The van der Waals surface area contributed by atoms with Gasteiger partial charge in [0.2, 0.25) is 0 Å². The summed E-state index contributed by atoms with van der Waals surface area (Å²) in [5.41, 5.74) is 0. The molecule has 1 heterocycles. The summed E-state index contributed by atoms with van der Waals surface area (Å²) < 4.78 is 5.12. The molecule has 0 spiro atoms. The van der Waals surface area contributed by atoms with E-state index in [1.54, 1.807) is 4.90 Å². The van der Waals surface area contributed by atoms with Crippen LogP contribution in [0.2, 0.25) is 0 Å². The van der Waals surface area contributed by atoms with Crippen LogP contribution in [0.1, 0.15) is 13.3 Å². The first kappa shape index (κ1) is 10.1. The molecule has 0 bridgehead atoms. The molecule has 0 N–H and O–H groups in total. The van der Waals surface area contributed by atoms with Gasteiger partial charge in [-0.2, -0.15) is 0 Å². The summed E-state index contributed by atoms with van der Waals surface area (Å²) >= 11 is 10.9. The Hall–Kier alpha value is 0.01000. The maximum atomic E-state index is 11.3. The van der Waals surface area contributed by atoms with Gasteiger partial charge in [0, 0.05) is 0 Å². The number of carbonyl (C=O) groups excluding carboxylic acids is 1. The van der Waals surface area contributed by atoms with Gasteiger partial charge < -0.3 is 9.64 Å². The molecule has 12 heavy (non-hydrogen) atoms. The van der Waals surface area contributed by atoms with E-state index in [-0.39, 0.29) is 11.9 Å². The van der Waals surface area contributed by atoms with E-state index in [0.717, 1.165) is 6.42 Å². The number of hydrogen-bond acceptors (Lipinski definition) is 2. The van der Waals surface area contributed by atoms with Crippen LogP contribution >= 0.6 is 23.2 Å². The molecule has 0 aromatic carbocycles. The minimum absolute atomic E-state index is 0.137. The summed E-state index contributed by atoms with van der Waals surface area (Å²) in [4.78, 5) is 11.9. The fraction of sp³-hybridized carbons (Fsp3) is 0.857. The molecule has 1 aliphatic heterocycles. The van der Waals surface area contributed by atoms with E-state index < -0.39 is 4.84 Å². The Kier molecular flexibility index (Phi) is 3.62. The van der Waals surface area contributed by atoms with E-state index >= 15 is 0 Å². The molecule has 5 heteroatoms. The number of carbonyl (C=O) groups is 1. The van der Waals surface area contributed by atoms with Crippen LogP contribution in [0.25, 0.3) is 0 Å². The molecule has 1 saturated heterocycles. The second-order valence-corrected chi connectivity index (χ2v) is 3.77. The van der Waals surface area contributed by atoms with Crippen LogP contribution in [-0.4, -0.2) is 35.0 Å². The predicted octanol–water partition coefficient (Wildman–Crippen LogP) is 1.39. The van der Waals surface area contributed by atoms with E-state index in [4.69, 9.17) is 27.9 Å². The maximum Gasteiger partial charge on any atom is 0.258 e. The molecule has 70 valence electrons. The first-order valence-corrected chi connectivity index (χ1v) is 4.70. The quantitative estimate of drug-likeness (QED) is 0.647. The highest BCUT2D eigenvalue weighted by Crippen LogP contribution is 2.17. The molecule has 0 aromatic rings. The van der Waals surface area contributed by atoms with Gasteiger partial charge in [-0.3, -0.25) is 4.79 Å². The molecular weight excluding hydrogens is 201 g/mol. The Bertz CT molecular complexity index is 175. The number of rotatable bonds is 2. The van der Waals surface area contributed by atoms with Gasteiger partial charge in [0.25, 0.3) is 5.91 Å². The average molecular weight is 212 g/mol. The molecule has 1 fully saturated rings. The molecule has 3 nitrogen and oxygen atoms in total. The fourth-order valence-corrected chi connectivity index (χ4v) is 1.44. The molecule has 0 aliphatic carbocycles. The van der Waals surface area contributed by atoms with Crippen molar-refractivity contribution in [3.8, 4) is 0 Å². The van der Waals surface area contributed by atoms with Gasteiger partial charge in [0.05, 0.1) is 12.6 Å². The smallest absolute Gasteiger partial charge is 0.258 e. The first-order chi connectivity index (χ1) is 5.66. The zero-order valence-corrected chi connectivity index (χ0v) is 8.31. The van der Waals surface area contributed by atoms with E-state index in [9.17, 15) is 4.79 Å². The molecule has 0 saturated carbocycles. The second kappa shape index (κ2) is 4.30. The van der Waals surface area contributed by atoms with E-state index in [2.05, 4.69) is 0 Å². The van der Waals surface area contributed by atoms with Crippen molar-refractivity contribution in [2.24, 2.45) is 0 Å². The van der Waals surface area contributed by atoms with Crippen LogP contribution in [-0.2, 0) is 9.53 Å². The molecule has 1 amide bonds. The minimum Gasteiger partial charge on any atom is -0.359 e. The third-order valence-corrected chi connectivity index (χ3v) is 2.30. The van der Waals surface area contributed by atoms with Crippen LogP contribution in [0.5, 0.6) is 0 Å². The summed E-state index contributed by atoms with van der Waals surface area (Å²) in [6, 6.07) is 0.137. The highest BCUT2D eigenvalue weighted by atomic mass is 35.5. The Morgan fingerprint density at radius 1 is 1.75 bits per heavy atom. The lowest BCUT2D eigenvalue weighted by Gasteiger charge is -2.21. The van der Waals surface area contributed by atoms with Crippen molar-refractivity contribution < 1.29 is 9.53 Å². The first-order valence-electron chi connectivity index (χ1n) is 3.83. The SMILES string of the molecule is CCC1COCN1C(=O)C(Cl)Cl. The maximum absolute atomic E-state index is 11.3. The normalized spacial score (nSPS) is 23.7. The summed E-state index contributed by atoms with van der Waals surface area (Å²) in [6.45, 7) is 2.90. The van der Waals surface area contributed by atoms with Crippen LogP contribution < -0.4 is 0 Å². The summed E-state index contributed by atoms with van der Waals surface area (Å²) in [5, 5.41) is 0. The third-order valence-electron chi connectivity index (χ3n) is 1.92. The molecule has 1 rings (SSSR count). The summed E-state index contributed by atoms with van der Waals surface area (Å²) in [6.07, 6.45) is 0.867. The van der Waals surface area contributed by atoms with Crippen molar-refractivity contribution in [3.63, 3.8) is 0 Å². The van der Waals surface area contributed by atoms with E-state index in [0.29, 0.717) is 13.3 Å². The number of alkyl halides is 2. The summed E-state index contributed by atoms with van der Waals surface area (Å²) in [7, 11) is 0. The highest BCUT2D eigenvalue weighted by Gasteiger charge is 2.30. The van der Waals surface area contributed by atoms with Crippen LogP contribution in [0.4, 0.5) is 0 Å². The van der Waals surface area contributed by atoms with E-state index in [1.807, 2.05) is 6.92 Å². The lowest BCUT2D eigenvalue weighted by atomic mass is 10.2. The molecule has 1 atom stereocenters. The number of hydrogen-bond donors (Lipinski definition) is 0. The number of halogens is 2. The predicted molar refractivity (Wildman–Crippen MR) is 47.2 cm³/mol. The van der Waals surface area contributed by atoms with Gasteiger partial charge in [-0.15, -0.1) is 0 Å². The number of nitrogens with zero attached hydrogens (tertiary/aromatic N) is 1. The minimum atomic E-state index is -0.972. The van der Waals surface area contributed by atoms with Gasteiger partial charge in [0.15, 0.2) is 4.84 Å². The molecule has 1 aliphatic rings. The Morgan fingerprint density at radius 3 is 2.92 bits per heavy atom. The van der Waals surface area contributed by atoms with Gasteiger partial charge in [-0.05, 0) is 6.42 Å². The average Bonchev–Trinajstić information content (AvgIpc) is 2.49. The topological polar surface area (TPSA) is 29.5 Å². The Labute approximate surface area is 81.6 Å². The molecule has 0 radical (unpaired) electrons. The number of ether oxygens (including phenoxy) is 1. The molecular formula is C7H11Cl2NO2. The van der Waals surface area contributed by atoms with Gasteiger partial charge in [-0.25, -0.2) is 0 Å². The van der Waals surface area contributed by atoms with Gasteiger partial charge >= 0.3 is 0 Å². The Balaban J connectivity index is 2.55. The van der Waals surface area contributed by atoms with Gasteiger partial charge in [0.1, 0.15) is 6.73 Å². The Morgan fingerprint density at radius 2 is 2.42 bits per heavy atom. The van der Waals surface area contributed by atoms with Crippen molar-refractivity contribution in [1.29, 1.82) is 0 Å². The van der Waals surface area contributed by atoms with Crippen LogP contribution in [0.3, 0.4) is 0 Å². The lowest BCUT2D eigenvalue weighted by Crippen LogP contribution is -2.39. The van der Waals surface area contributed by atoms with Gasteiger partial charge in [-0.1, -0.05) is 30.1 Å². The van der Waals surface area contributed by atoms with Crippen molar-refractivity contribution in [2.45, 2.75) is 24.2 Å². The summed E-state index contributed by atoms with van der Waals surface area (Å²) in [5.74, 6) is -0.261. The second-order valence-electron chi connectivity index (χ2n) is 2.67. The van der Waals surface area contributed by atoms with Crippen LogP contribution in [0.15, 0.2) is 0 Å². The standard InChI is InChI=1S/C7H11Cl2NO2/c1-2-5-3-12-4-10(5)7(11)6(8)9/h5-6H,2-4H2,1H3. The highest BCUT2D eigenvalue weighted by molar-refractivity contribution is 6.53. The molecule has 0 aromatic heterocycles. The van der Waals surface area contributed by atoms with E-state index in [1.165, 1.54) is 0 Å². The van der Waals surface area contributed by atoms with Crippen molar-refractivity contribution in [3.05, 3.63) is 0 Å². The zero-order chi connectivity index (χ0) is 9.14. The number of amides is 1. The zero-order valence-electron chi connectivity index (χ0n) is 6.80. The van der Waals surface area contributed by atoms with Crippen molar-refractivity contribution >= 4 is 29.1 Å². The third kappa shape index (κ3) is 2.03. The molecule has 1 unspecified atom stereocenters. The van der Waals surface area contributed by atoms with Crippen LogP contribution in [0, 0.1) is 0 Å². The largest absolute Gasteiger partial charge is 0.359 e. The van der Waals surface area contributed by atoms with Crippen molar-refractivity contribution in [1.82, 2.24) is 4.90 Å². The lowest BCUT2D eigenvalue weighted by molar-refractivity contribution is -0.131. The monoisotopic (exact) mass is 211 g/mol. The van der Waals surface area contributed by atoms with Crippen molar-refractivity contribution in [2.75, 3.05) is 13.3 Å².